The van der Waals surface area contributed by atoms with Gasteiger partial charge in [-0.15, -0.1) is 16.4 Å². The number of hydrogen-bond acceptors (Lipinski definition) is 5. The van der Waals surface area contributed by atoms with E-state index in [1.54, 1.807) is 11.3 Å². The third-order valence-corrected chi connectivity index (χ3v) is 5.16. The third kappa shape index (κ3) is 3.93. The van der Waals surface area contributed by atoms with Gasteiger partial charge in [-0.05, 0) is 71.8 Å². The van der Waals surface area contributed by atoms with Gasteiger partial charge in [-0.2, -0.15) is 0 Å². The molecule has 3 aromatic rings. The summed E-state index contributed by atoms with van der Waals surface area (Å²) < 4.78 is 1.89. The number of nitrogens with zero attached hydrogens (tertiary/aromatic N) is 4. The summed E-state index contributed by atoms with van der Waals surface area (Å²) in [5.74, 6) is 0.837. The molecular weight excluding hydrogens is 334 g/mol. The Labute approximate surface area is 149 Å². The van der Waals surface area contributed by atoms with Crippen LogP contribution in [0.25, 0.3) is 11.4 Å². The topological polar surface area (TPSA) is 72.7 Å². The van der Waals surface area contributed by atoms with Gasteiger partial charge in [-0.25, -0.2) is 4.68 Å². The molecule has 1 amide bonds. The zero-order chi connectivity index (χ0) is 17.1. The van der Waals surface area contributed by atoms with E-state index in [2.05, 4.69) is 32.3 Å². The number of tetrazole rings is 1. The highest BCUT2D eigenvalue weighted by Gasteiger charge is 2.28. The molecule has 0 unspecified atom stereocenters. The first-order valence-electron chi connectivity index (χ1n) is 8.50. The fraction of sp³-hybridized carbons (Fsp3) is 0.333. The van der Waals surface area contributed by atoms with Gasteiger partial charge in [0.05, 0.1) is 6.04 Å². The summed E-state index contributed by atoms with van der Waals surface area (Å²) >= 11 is 1.74. The maximum Gasteiger partial charge on any atom is 0.224 e. The first kappa shape index (κ1) is 16.0. The lowest BCUT2D eigenvalue weighted by molar-refractivity contribution is -0.116. The van der Waals surface area contributed by atoms with Crippen molar-refractivity contribution < 1.29 is 4.79 Å². The summed E-state index contributed by atoms with van der Waals surface area (Å²) in [5, 5.41) is 17.0. The number of thiophene rings is 1. The number of carbonyl (C=O) groups excluding carboxylic acids is 1. The Morgan fingerprint density at radius 3 is 2.80 bits per heavy atom. The van der Waals surface area contributed by atoms with Crippen molar-refractivity contribution in [2.75, 3.05) is 5.32 Å². The highest BCUT2D eigenvalue weighted by Crippen LogP contribution is 2.36. The first-order valence-corrected chi connectivity index (χ1v) is 9.38. The normalized spacial score (nSPS) is 13.8. The minimum absolute atomic E-state index is 0.0483. The standard InChI is InChI=1S/C18H19N5OS/c24-17(5-1-3-16-4-2-12-25-16)19-14-8-6-13(7-9-14)18-20-21-22-23(18)15-10-11-15/h2,4,6-9,12,15H,1,3,5,10-11H2,(H,19,24). The van der Waals surface area contributed by atoms with Crippen LogP contribution in [0.15, 0.2) is 41.8 Å². The monoisotopic (exact) mass is 353 g/mol. The Kier molecular flexibility index (Phi) is 4.56. The molecule has 0 saturated heterocycles. The van der Waals surface area contributed by atoms with Gasteiger partial charge >= 0.3 is 0 Å². The van der Waals surface area contributed by atoms with E-state index in [1.807, 2.05) is 35.0 Å². The largest absolute Gasteiger partial charge is 0.326 e. The molecule has 1 aromatic carbocycles. The van der Waals surface area contributed by atoms with Crippen molar-refractivity contribution in [3.8, 4) is 11.4 Å². The lowest BCUT2D eigenvalue weighted by atomic mass is 10.1. The minimum atomic E-state index is 0.0483. The van der Waals surface area contributed by atoms with Gasteiger partial charge in [0.1, 0.15) is 0 Å². The van der Waals surface area contributed by atoms with Crippen LogP contribution in [0, 0.1) is 0 Å². The Bertz CT molecular complexity index is 837. The van der Waals surface area contributed by atoms with E-state index < -0.39 is 0 Å². The minimum Gasteiger partial charge on any atom is -0.326 e. The number of carbonyl (C=O) groups is 1. The molecule has 2 aromatic heterocycles. The summed E-state index contributed by atoms with van der Waals surface area (Å²) in [7, 11) is 0. The molecule has 25 heavy (non-hydrogen) atoms. The molecule has 0 atom stereocenters. The molecule has 128 valence electrons. The number of benzene rings is 1. The number of aryl methyl sites for hydroxylation is 1. The molecule has 6 nitrogen and oxygen atoms in total. The zero-order valence-corrected chi connectivity index (χ0v) is 14.6. The van der Waals surface area contributed by atoms with Crippen LogP contribution in [0.2, 0.25) is 0 Å². The van der Waals surface area contributed by atoms with Crippen LogP contribution in [-0.2, 0) is 11.2 Å². The van der Waals surface area contributed by atoms with Crippen LogP contribution >= 0.6 is 11.3 Å². The number of hydrogen-bond donors (Lipinski definition) is 1. The molecule has 1 aliphatic carbocycles. The van der Waals surface area contributed by atoms with Crippen LogP contribution in [0.1, 0.15) is 36.6 Å². The molecule has 1 saturated carbocycles. The van der Waals surface area contributed by atoms with Crippen LogP contribution in [0.3, 0.4) is 0 Å². The molecule has 4 rings (SSSR count). The summed E-state index contributed by atoms with van der Waals surface area (Å²) in [6.45, 7) is 0. The van der Waals surface area contributed by atoms with E-state index in [4.69, 9.17) is 0 Å². The molecule has 0 bridgehead atoms. The van der Waals surface area contributed by atoms with Crippen molar-refractivity contribution in [3.05, 3.63) is 46.7 Å². The fourth-order valence-corrected chi connectivity index (χ4v) is 3.50. The number of amides is 1. The maximum absolute atomic E-state index is 12.1. The molecule has 2 heterocycles. The van der Waals surface area contributed by atoms with E-state index in [9.17, 15) is 4.79 Å². The Hall–Kier alpha value is -2.54. The molecule has 0 aliphatic heterocycles. The summed E-state index contributed by atoms with van der Waals surface area (Å²) in [4.78, 5) is 13.4. The second-order valence-electron chi connectivity index (χ2n) is 6.24. The number of aromatic nitrogens is 4. The van der Waals surface area contributed by atoms with E-state index in [0.29, 0.717) is 12.5 Å². The Morgan fingerprint density at radius 2 is 2.08 bits per heavy atom. The predicted molar refractivity (Wildman–Crippen MR) is 97.4 cm³/mol. The van der Waals surface area contributed by atoms with Crippen LogP contribution in [0.4, 0.5) is 5.69 Å². The summed E-state index contributed by atoms with van der Waals surface area (Å²) in [5.41, 5.74) is 1.77. The molecular formula is C18H19N5OS. The van der Waals surface area contributed by atoms with E-state index >= 15 is 0 Å². The second-order valence-corrected chi connectivity index (χ2v) is 7.27. The lowest BCUT2D eigenvalue weighted by Crippen LogP contribution is -2.11. The average molecular weight is 353 g/mol. The first-order chi connectivity index (χ1) is 12.3. The number of nitrogens with one attached hydrogen (secondary N) is 1. The van der Waals surface area contributed by atoms with Crippen molar-refractivity contribution in [1.82, 2.24) is 20.2 Å². The average Bonchev–Trinajstić information content (AvgIpc) is 3.12. The van der Waals surface area contributed by atoms with Crippen LogP contribution in [-0.4, -0.2) is 26.1 Å². The van der Waals surface area contributed by atoms with Gasteiger partial charge < -0.3 is 5.32 Å². The van der Waals surface area contributed by atoms with Crippen molar-refractivity contribution in [2.45, 2.75) is 38.1 Å². The molecule has 7 heteroatoms. The van der Waals surface area contributed by atoms with Gasteiger partial charge in [-0.1, -0.05) is 6.07 Å². The maximum atomic E-state index is 12.1. The van der Waals surface area contributed by atoms with Crippen molar-refractivity contribution in [2.24, 2.45) is 0 Å². The summed E-state index contributed by atoms with van der Waals surface area (Å²) in [6.07, 6.45) is 4.61. The highest BCUT2D eigenvalue weighted by atomic mass is 32.1. The van der Waals surface area contributed by atoms with Crippen LogP contribution in [0.5, 0.6) is 0 Å². The van der Waals surface area contributed by atoms with Gasteiger partial charge in [0.2, 0.25) is 5.91 Å². The molecule has 1 aliphatic rings. The second kappa shape index (κ2) is 7.14. The highest BCUT2D eigenvalue weighted by molar-refractivity contribution is 7.09. The van der Waals surface area contributed by atoms with Gasteiger partial charge in [0.25, 0.3) is 0 Å². The Morgan fingerprint density at radius 1 is 1.24 bits per heavy atom. The van der Waals surface area contributed by atoms with Crippen LogP contribution < -0.4 is 5.32 Å². The lowest BCUT2D eigenvalue weighted by Gasteiger charge is -2.07. The third-order valence-electron chi connectivity index (χ3n) is 4.22. The van der Waals surface area contributed by atoms with Crippen molar-refractivity contribution >= 4 is 22.9 Å². The zero-order valence-electron chi connectivity index (χ0n) is 13.8. The number of rotatable bonds is 7. The molecule has 1 N–H and O–H groups in total. The van der Waals surface area contributed by atoms with Gasteiger partial charge in [0.15, 0.2) is 5.82 Å². The van der Waals surface area contributed by atoms with E-state index in [-0.39, 0.29) is 5.91 Å². The smallest absolute Gasteiger partial charge is 0.224 e. The Balaban J connectivity index is 1.32. The molecule has 1 fully saturated rings. The van der Waals surface area contributed by atoms with Gasteiger partial charge in [0, 0.05) is 22.5 Å². The van der Waals surface area contributed by atoms with E-state index in [1.165, 1.54) is 4.88 Å². The predicted octanol–water partition coefficient (Wildman–Crippen LogP) is 3.70. The summed E-state index contributed by atoms with van der Waals surface area (Å²) in [6, 6.07) is 12.3. The fourth-order valence-electron chi connectivity index (χ4n) is 2.75. The molecule has 0 radical (unpaired) electrons. The van der Waals surface area contributed by atoms with E-state index in [0.717, 1.165) is 42.8 Å². The van der Waals surface area contributed by atoms with Crippen molar-refractivity contribution in [1.29, 1.82) is 0 Å². The van der Waals surface area contributed by atoms with Gasteiger partial charge in [-0.3, -0.25) is 4.79 Å². The number of anilines is 1. The quantitative estimate of drug-likeness (QED) is 0.703. The SMILES string of the molecule is O=C(CCCc1cccs1)Nc1ccc(-c2nnnn2C2CC2)cc1. The van der Waals surface area contributed by atoms with Crippen molar-refractivity contribution in [3.63, 3.8) is 0 Å². The molecule has 0 spiro atoms.